The second-order valence-electron chi connectivity index (χ2n) is 5.40. The minimum absolute atomic E-state index is 0.0805. The van der Waals surface area contributed by atoms with Gasteiger partial charge in [-0.05, 0) is 25.2 Å². The molecule has 3 aromatic heterocycles. The number of anilines is 1. The van der Waals surface area contributed by atoms with E-state index in [4.69, 9.17) is 12.2 Å². The van der Waals surface area contributed by atoms with E-state index in [0.29, 0.717) is 22.3 Å². The van der Waals surface area contributed by atoms with Gasteiger partial charge in [-0.15, -0.1) is 6.58 Å². The number of carbonyl (C=O) groups is 1. The molecule has 10 heteroatoms. The fourth-order valence-corrected chi connectivity index (χ4v) is 3.54. The van der Waals surface area contributed by atoms with Crippen molar-refractivity contribution in [3.8, 4) is 10.7 Å². The molecule has 3 rings (SSSR count). The van der Waals surface area contributed by atoms with Gasteiger partial charge in [-0.1, -0.05) is 23.5 Å². The van der Waals surface area contributed by atoms with Gasteiger partial charge in [0.05, 0.1) is 10.6 Å². The summed E-state index contributed by atoms with van der Waals surface area (Å²) in [6, 6.07) is 4.73. The Balaban J connectivity index is 1.82. The maximum Gasteiger partial charge on any atom is 0.250 e. The quantitative estimate of drug-likeness (QED) is 0.499. The average Bonchev–Trinajstić information content (AvgIpc) is 3.13. The van der Waals surface area contributed by atoms with Crippen molar-refractivity contribution >= 4 is 34.6 Å². The van der Waals surface area contributed by atoms with Gasteiger partial charge in [0.1, 0.15) is 6.54 Å². The summed E-state index contributed by atoms with van der Waals surface area (Å²) in [4.78, 5) is 29.1. The van der Waals surface area contributed by atoms with Crippen LogP contribution in [0.5, 0.6) is 0 Å². The fourth-order valence-electron chi connectivity index (χ4n) is 2.35. The standard InChI is InChI=1S/C16H16N6O2S2/c1-3-7-22-14(19-20-16(22)25)13-10(2)17-15(26-13)18-11(23)9-21-8-5-4-6-12(21)24/h3-6,8H,1,7,9H2,2H3,(H,20,25)(H,17,18,23). The number of rotatable bonds is 6. The van der Waals surface area contributed by atoms with E-state index in [2.05, 4.69) is 27.1 Å². The number of thiazole rings is 1. The summed E-state index contributed by atoms with van der Waals surface area (Å²) < 4.78 is 3.62. The highest BCUT2D eigenvalue weighted by molar-refractivity contribution is 7.71. The van der Waals surface area contributed by atoms with Crippen LogP contribution in [0.25, 0.3) is 10.7 Å². The molecule has 0 aliphatic carbocycles. The van der Waals surface area contributed by atoms with E-state index >= 15 is 0 Å². The van der Waals surface area contributed by atoms with Crippen LogP contribution in [0.15, 0.2) is 41.8 Å². The second kappa shape index (κ2) is 7.58. The van der Waals surface area contributed by atoms with Crippen LogP contribution >= 0.6 is 23.6 Å². The minimum atomic E-state index is -0.330. The zero-order chi connectivity index (χ0) is 18.7. The fraction of sp³-hybridized carbons (Fsp3) is 0.188. The Morgan fingerprint density at radius 2 is 2.31 bits per heavy atom. The highest BCUT2D eigenvalue weighted by atomic mass is 32.1. The van der Waals surface area contributed by atoms with Crippen molar-refractivity contribution in [2.75, 3.05) is 5.32 Å². The van der Waals surface area contributed by atoms with Gasteiger partial charge >= 0.3 is 0 Å². The number of hydrogen-bond acceptors (Lipinski definition) is 6. The first-order valence-corrected chi connectivity index (χ1v) is 8.91. The summed E-state index contributed by atoms with van der Waals surface area (Å²) >= 11 is 6.52. The summed E-state index contributed by atoms with van der Waals surface area (Å²) in [7, 11) is 0. The third kappa shape index (κ3) is 3.70. The summed E-state index contributed by atoms with van der Waals surface area (Å²) in [5.74, 6) is 0.313. The Hall–Kier alpha value is -2.85. The van der Waals surface area contributed by atoms with E-state index in [1.165, 1.54) is 22.0 Å². The van der Waals surface area contributed by atoms with E-state index in [1.807, 2.05) is 6.92 Å². The lowest BCUT2D eigenvalue weighted by molar-refractivity contribution is -0.116. The van der Waals surface area contributed by atoms with Crippen molar-refractivity contribution in [1.82, 2.24) is 24.3 Å². The summed E-state index contributed by atoms with van der Waals surface area (Å²) in [6.07, 6.45) is 3.29. The Kier molecular flexibility index (Phi) is 5.24. The Labute approximate surface area is 157 Å². The number of pyridine rings is 1. The van der Waals surface area contributed by atoms with Crippen molar-refractivity contribution in [1.29, 1.82) is 0 Å². The Morgan fingerprint density at radius 1 is 1.50 bits per heavy atom. The molecule has 8 nitrogen and oxygen atoms in total. The maximum absolute atomic E-state index is 12.2. The molecule has 1 amide bonds. The minimum Gasteiger partial charge on any atom is -0.306 e. The number of amides is 1. The molecule has 0 spiro atoms. The first-order chi connectivity index (χ1) is 12.5. The van der Waals surface area contributed by atoms with Gasteiger partial charge in [0.25, 0.3) is 5.56 Å². The number of nitrogens with zero attached hydrogens (tertiary/aromatic N) is 4. The molecule has 0 aromatic carbocycles. The van der Waals surface area contributed by atoms with E-state index in [1.54, 1.807) is 29.0 Å². The van der Waals surface area contributed by atoms with Gasteiger partial charge in [-0.25, -0.2) is 4.98 Å². The van der Waals surface area contributed by atoms with Crippen LogP contribution in [-0.4, -0.2) is 30.2 Å². The number of allylic oxidation sites excluding steroid dienone is 1. The topological polar surface area (TPSA) is 97.6 Å². The molecule has 0 fully saturated rings. The molecule has 0 atom stereocenters. The number of H-pyrrole nitrogens is 1. The smallest absolute Gasteiger partial charge is 0.250 e. The predicted octanol–water partition coefficient (Wildman–Crippen LogP) is 2.36. The maximum atomic E-state index is 12.2. The molecule has 134 valence electrons. The summed E-state index contributed by atoms with van der Waals surface area (Å²) in [6.45, 7) is 5.99. The third-order valence-electron chi connectivity index (χ3n) is 3.53. The monoisotopic (exact) mass is 388 g/mol. The van der Waals surface area contributed by atoms with Crippen LogP contribution in [0, 0.1) is 11.7 Å². The van der Waals surface area contributed by atoms with E-state index in [-0.39, 0.29) is 18.0 Å². The van der Waals surface area contributed by atoms with Gasteiger partial charge in [-0.3, -0.25) is 19.3 Å². The lowest BCUT2D eigenvalue weighted by Crippen LogP contribution is -2.26. The van der Waals surface area contributed by atoms with Gasteiger partial charge in [0.15, 0.2) is 15.7 Å². The molecular formula is C16H16N6O2S2. The van der Waals surface area contributed by atoms with Crippen molar-refractivity contribution in [2.24, 2.45) is 0 Å². The molecule has 3 heterocycles. The van der Waals surface area contributed by atoms with Crippen LogP contribution in [0.1, 0.15) is 5.69 Å². The van der Waals surface area contributed by atoms with Gasteiger partial charge in [0.2, 0.25) is 5.91 Å². The van der Waals surface area contributed by atoms with Crippen molar-refractivity contribution in [3.05, 3.63) is 57.9 Å². The van der Waals surface area contributed by atoms with Crippen molar-refractivity contribution in [2.45, 2.75) is 20.0 Å². The SMILES string of the molecule is C=CCn1c(-c2sc(NC(=O)Cn3ccccc3=O)nc2C)n[nH]c1=S. The number of hydrogen-bond donors (Lipinski definition) is 2. The second-order valence-corrected chi connectivity index (χ2v) is 6.79. The number of nitrogens with one attached hydrogen (secondary N) is 2. The summed E-state index contributed by atoms with van der Waals surface area (Å²) in [5, 5.41) is 10.2. The summed E-state index contributed by atoms with van der Waals surface area (Å²) in [5.41, 5.74) is 0.486. The Bertz CT molecular complexity index is 1070. The lowest BCUT2D eigenvalue weighted by atomic mass is 10.3. The molecule has 0 saturated heterocycles. The first kappa shape index (κ1) is 18.0. The number of aromatic amines is 1. The largest absolute Gasteiger partial charge is 0.306 e. The van der Waals surface area contributed by atoms with E-state index < -0.39 is 0 Å². The highest BCUT2D eigenvalue weighted by Gasteiger charge is 2.17. The molecule has 0 radical (unpaired) electrons. The molecule has 0 bridgehead atoms. The zero-order valence-electron chi connectivity index (χ0n) is 13.9. The van der Waals surface area contributed by atoms with Gasteiger partial charge in [-0.2, -0.15) is 5.10 Å². The number of aryl methyl sites for hydroxylation is 1. The van der Waals surface area contributed by atoms with Gasteiger partial charge < -0.3 is 9.88 Å². The zero-order valence-corrected chi connectivity index (χ0v) is 15.6. The van der Waals surface area contributed by atoms with Crippen LogP contribution in [0.2, 0.25) is 0 Å². The molecule has 26 heavy (non-hydrogen) atoms. The first-order valence-electron chi connectivity index (χ1n) is 7.69. The average molecular weight is 388 g/mol. The molecule has 3 aromatic rings. The van der Waals surface area contributed by atoms with Crippen molar-refractivity contribution in [3.63, 3.8) is 0 Å². The third-order valence-corrected chi connectivity index (χ3v) is 4.91. The van der Waals surface area contributed by atoms with E-state index in [9.17, 15) is 9.59 Å². The molecule has 0 aliphatic heterocycles. The van der Waals surface area contributed by atoms with Crippen LogP contribution in [-0.2, 0) is 17.9 Å². The van der Waals surface area contributed by atoms with E-state index in [0.717, 1.165) is 10.6 Å². The molecular weight excluding hydrogens is 372 g/mol. The Morgan fingerprint density at radius 3 is 3.04 bits per heavy atom. The molecule has 0 saturated carbocycles. The van der Waals surface area contributed by atoms with Crippen LogP contribution in [0.3, 0.4) is 0 Å². The molecule has 2 N–H and O–H groups in total. The normalized spacial score (nSPS) is 10.7. The van der Waals surface area contributed by atoms with Crippen LogP contribution in [0.4, 0.5) is 5.13 Å². The number of carbonyl (C=O) groups excluding carboxylic acids is 1. The van der Waals surface area contributed by atoms with Gasteiger partial charge in [0, 0.05) is 18.8 Å². The molecule has 0 unspecified atom stereocenters. The predicted molar refractivity (Wildman–Crippen MR) is 103 cm³/mol. The highest BCUT2D eigenvalue weighted by Crippen LogP contribution is 2.31. The van der Waals surface area contributed by atoms with Crippen LogP contribution < -0.4 is 10.9 Å². The molecule has 0 aliphatic rings. The lowest BCUT2D eigenvalue weighted by Gasteiger charge is -2.04. The van der Waals surface area contributed by atoms with Crippen molar-refractivity contribution < 1.29 is 4.79 Å². The number of aromatic nitrogens is 5.